The molecule has 0 aliphatic carbocycles. The molecule has 0 aliphatic rings. The van der Waals surface area contributed by atoms with Crippen molar-refractivity contribution < 1.29 is 0 Å². The minimum atomic E-state index is 0.583. The summed E-state index contributed by atoms with van der Waals surface area (Å²) in [6.07, 6.45) is 0. The molecular formula is C14H18N2S. The van der Waals surface area contributed by atoms with Gasteiger partial charge in [-0.05, 0) is 24.0 Å². The zero-order valence-corrected chi connectivity index (χ0v) is 11.6. The third-order valence-corrected chi connectivity index (χ3v) is 4.07. The Hall–Kier alpha value is -1.35. The molecule has 1 aromatic heterocycles. The second kappa shape index (κ2) is 4.88. The highest BCUT2D eigenvalue weighted by atomic mass is 32.1. The summed E-state index contributed by atoms with van der Waals surface area (Å²) in [5, 5.41) is 4.07. The highest BCUT2D eigenvalue weighted by Crippen LogP contribution is 2.33. The van der Waals surface area contributed by atoms with Gasteiger partial charge in [0.25, 0.3) is 0 Å². The van der Waals surface area contributed by atoms with Crippen LogP contribution in [-0.2, 0) is 0 Å². The van der Waals surface area contributed by atoms with Crippen LogP contribution < -0.4 is 5.32 Å². The van der Waals surface area contributed by atoms with Crippen molar-refractivity contribution in [3.05, 3.63) is 35.5 Å². The molecule has 1 aromatic carbocycles. The second-order valence-electron chi connectivity index (χ2n) is 4.46. The Kier molecular flexibility index (Phi) is 3.48. The quantitative estimate of drug-likeness (QED) is 0.874. The van der Waals surface area contributed by atoms with Gasteiger partial charge in [-0.25, -0.2) is 4.98 Å². The molecular weight excluding hydrogens is 228 g/mol. The third-order valence-electron chi connectivity index (χ3n) is 2.85. The molecule has 2 nitrogen and oxygen atoms in total. The lowest BCUT2D eigenvalue weighted by atomic mass is 10.0. The first-order chi connectivity index (χ1) is 8.11. The van der Waals surface area contributed by atoms with Crippen LogP contribution in [0.25, 0.3) is 10.4 Å². The minimum Gasteiger partial charge on any atom is -0.365 e. The largest absolute Gasteiger partial charge is 0.365 e. The fourth-order valence-electron chi connectivity index (χ4n) is 1.79. The number of thiazole rings is 1. The smallest absolute Gasteiger partial charge is 0.183 e. The molecule has 0 radical (unpaired) electrons. The van der Waals surface area contributed by atoms with Crippen molar-refractivity contribution in [2.24, 2.45) is 0 Å². The Bertz CT molecular complexity index is 497. The number of aryl methyl sites for hydroxylation is 1. The summed E-state index contributed by atoms with van der Waals surface area (Å²) >= 11 is 1.70. The summed E-state index contributed by atoms with van der Waals surface area (Å²) in [6, 6.07) is 8.79. The van der Waals surface area contributed by atoms with Gasteiger partial charge in [-0.15, -0.1) is 0 Å². The SMILES string of the molecule is CNc1nc(C)c(-c2ccc(C(C)C)cc2)s1. The highest BCUT2D eigenvalue weighted by molar-refractivity contribution is 7.19. The third kappa shape index (κ3) is 2.50. The van der Waals surface area contributed by atoms with E-state index in [1.807, 2.05) is 7.05 Å². The maximum Gasteiger partial charge on any atom is 0.183 e. The fraction of sp³-hybridized carbons (Fsp3) is 0.357. The predicted octanol–water partition coefficient (Wildman–Crippen LogP) is 4.28. The molecule has 2 rings (SSSR count). The van der Waals surface area contributed by atoms with E-state index in [0.717, 1.165) is 10.8 Å². The fourth-order valence-corrected chi connectivity index (χ4v) is 2.72. The number of nitrogens with one attached hydrogen (secondary N) is 1. The Morgan fingerprint density at radius 2 is 1.82 bits per heavy atom. The first-order valence-corrected chi connectivity index (χ1v) is 6.69. The molecule has 0 amide bonds. The summed E-state index contributed by atoms with van der Waals surface area (Å²) in [5.41, 5.74) is 3.73. The zero-order chi connectivity index (χ0) is 12.4. The van der Waals surface area contributed by atoms with E-state index in [1.54, 1.807) is 11.3 Å². The Morgan fingerprint density at radius 3 is 2.29 bits per heavy atom. The van der Waals surface area contributed by atoms with Crippen molar-refractivity contribution in [3.8, 4) is 10.4 Å². The lowest BCUT2D eigenvalue weighted by molar-refractivity contribution is 0.867. The van der Waals surface area contributed by atoms with Crippen LogP contribution in [0.5, 0.6) is 0 Å². The Balaban J connectivity index is 2.36. The van der Waals surface area contributed by atoms with Gasteiger partial charge < -0.3 is 5.32 Å². The summed E-state index contributed by atoms with van der Waals surface area (Å²) < 4.78 is 0. The molecule has 2 aromatic rings. The number of anilines is 1. The van der Waals surface area contributed by atoms with Gasteiger partial charge >= 0.3 is 0 Å². The van der Waals surface area contributed by atoms with Crippen LogP contribution in [0.4, 0.5) is 5.13 Å². The normalized spacial score (nSPS) is 10.9. The molecule has 0 aliphatic heterocycles. The standard InChI is InChI=1S/C14H18N2S/c1-9(2)11-5-7-12(8-6-11)13-10(3)16-14(15-4)17-13/h5-9H,1-4H3,(H,15,16). The lowest BCUT2D eigenvalue weighted by Gasteiger charge is -2.06. The van der Waals surface area contributed by atoms with Crippen molar-refractivity contribution in [1.82, 2.24) is 4.98 Å². The van der Waals surface area contributed by atoms with E-state index < -0.39 is 0 Å². The van der Waals surface area contributed by atoms with Gasteiger partial charge in [0.1, 0.15) is 0 Å². The minimum absolute atomic E-state index is 0.583. The number of hydrogen-bond acceptors (Lipinski definition) is 3. The van der Waals surface area contributed by atoms with Crippen molar-refractivity contribution in [3.63, 3.8) is 0 Å². The van der Waals surface area contributed by atoms with Crippen LogP contribution in [0.1, 0.15) is 31.0 Å². The van der Waals surface area contributed by atoms with Crippen LogP contribution in [0.15, 0.2) is 24.3 Å². The molecule has 0 bridgehead atoms. The monoisotopic (exact) mass is 246 g/mol. The van der Waals surface area contributed by atoms with Gasteiger partial charge in [0, 0.05) is 7.05 Å². The van der Waals surface area contributed by atoms with E-state index in [1.165, 1.54) is 16.0 Å². The number of hydrogen-bond donors (Lipinski definition) is 1. The van der Waals surface area contributed by atoms with E-state index in [4.69, 9.17) is 0 Å². The number of aromatic nitrogens is 1. The van der Waals surface area contributed by atoms with Crippen LogP contribution in [0.3, 0.4) is 0 Å². The van der Waals surface area contributed by atoms with Gasteiger partial charge in [-0.3, -0.25) is 0 Å². The molecule has 0 atom stereocenters. The Labute approximate surface area is 107 Å². The van der Waals surface area contributed by atoms with Gasteiger partial charge in [-0.2, -0.15) is 0 Å². The highest BCUT2D eigenvalue weighted by Gasteiger charge is 2.09. The molecule has 0 fully saturated rings. The topological polar surface area (TPSA) is 24.9 Å². The van der Waals surface area contributed by atoms with Crippen molar-refractivity contribution in [1.29, 1.82) is 0 Å². The van der Waals surface area contributed by atoms with Crippen molar-refractivity contribution >= 4 is 16.5 Å². The van der Waals surface area contributed by atoms with Crippen LogP contribution in [-0.4, -0.2) is 12.0 Å². The molecule has 0 saturated heterocycles. The summed E-state index contributed by atoms with van der Waals surface area (Å²) in [4.78, 5) is 5.72. The predicted molar refractivity (Wildman–Crippen MR) is 75.9 cm³/mol. The summed E-state index contributed by atoms with van der Waals surface area (Å²) in [5.74, 6) is 0.583. The average Bonchev–Trinajstić information content (AvgIpc) is 2.71. The maximum atomic E-state index is 4.47. The molecule has 3 heteroatoms. The zero-order valence-electron chi connectivity index (χ0n) is 10.7. The summed E-state index contributed by atoms with van der Waals surface area (Å²) in [7, 11) is 1.91. The van der Waals surface area contributed by atoms with Gasteiger partial charge in [-0.1, -0.05) is 49.4 Å². The van der Waals surface area contributed by atoms with E-state index in [-0.39, 0.29) is 0 Å². The average molecular weight is 246 g/mol. The first-order valence-electron chi connectivity index (χ1n) is 5.87. The van der Waals surface area contributed by atoms with Gasteiger partial charge in [0.2, 0.25) is 0 Å². The van der Waals surface area contributed by atoms with Crippen LogP contribution in [0, 0.1) is 6.92 Å². The molecule has 0 saturated carbocycles. The number of benzene rings is 1. The summed E-state index contributed by atoms with van der Waals surface area (Å²) in [6.45, 7) is 6.49. The van der Waals surface area contributed by atoms with Crippen LogP contribution in [0.2, 0.25) is 0 Å². The number of rotatable bonds is 3. The van der Waals surface area contributed by atoms with Gasteiger partial charge in [0.15, 0.2) is 5.13 Å². The molecule has 1 N–H and O–H groups in total. The van der Waals surface area contributed by atoms with E-state index in [9.17, 15) is 0 Å². The van der Waals surface area contributed by atoms with E-state index in [2.05, 4.69) is 55.3 Å². The molecule has 17 heavy (non-hydrogen) atoms. The van der Waals surface area contributed by atoms with E-state index >= 15 is 0 Å². The Morgan fingerprint density at radius 1 is 1.18 bits per heavy atom. The van der Waals surface area contributed by atoms with Crippen molar-refractivity contribution in [2.45, 2.75) is 26.7 Å². The first kappa shape index (κ1) is 12.1. The lowest BCUT2D eigenvalue weighted by Crippen LogP contribution is -1.86. The van der Waals surface area contributed by atoms with E-state index in [0.29, 0.717) is 5.92 Å². The number of nitrogens with zero attached hydrogens (tertiary/aromatic N) is 1. The molecule has 1 heterocycles. The van der Waals surface area contributed by atoms with Gasteiger partial charge in [0.05, 0.1) is 10.6 Å². The molecule has 0 spiro atoms. The second-order valence-corrected chi connectivity index (χ2v) is 5.46. The van der Waals surface area contributed by atoms with Crippen LogP contribution >= 0.6 is 11.3 Å². The maximum absolute atomic E-state index is 4.47. The molecule has 0 unspecified atom stereocenters. The van der Waals surface area contributed by atoms with Crippen molar-refractivity contribution in [2.75, 3.05) is 12.4 Å². The molecule has 90 valence electrons.